The Labute approximate surface area is 107 Å². The van der Waals surface area contributed by atoms with Crippen LogP contribution in [0.1, 0.15) is 24.0 Å². The molecule has 0 aromatic heterocycles. The summed E-state index contributed by atoms with van der Waals surface area (Å²) in [5.74, 6) is -1.66. The average Bonchev–Trinajstić information content (AvgIpc) is 2.55. The third-order valence-electron chi connectivity index (χ3n) is 2.67. The van der Waals surface area contributed by atoms with Crippen molar-refractivity contribution >= 4 is 33.5 Å². The zero-order valence-corrected chi connectivity index (χ0v) is 11.1. The number of ether oxygens (including phenoxy) is 1. The fourth-order valence-electron chi connectivity index (χ4n) is 1.96. The molecule has 17 heavy (non-hydrogen) atoms. The number of esters is 1. The van der Waals surface area contributed by atoms with E-state index in [0.717, 1.165) is 15.7 Å². The summed E-state index contributed by atoms with van der Waals surface area (Å²) in [4.78, 5) is 23.5. The van der Waals surface area contributed by atoms with Gasteiger partial charge in [-0.25, -0.2) is 0 Å². The Morgan fingerprint density at radius 3 is 2.88 bits per heavy atom. The number of benzene rings is 1. The first-order chi connectivity index (χ1) is 8.04. The van der Waals surface area contributed by atoms with Crippen molar-refractivity contribution < 1.29 is 14.3 Å². The number of rotatable bonds is 2. The van der Waals surface area contributed by atoms with Crippen LogP contribution in [0.25, 0.3) is 0 Å². The van der Waals surface area contributed by atoms with Crippen LogP contribution in [0.3, 0.4) is 0 Å². The van der Waals surface area contributed by atoms with Gasteiger partial charge in [0.15, 0.2) is 5.92 Å². The zero-order chi connectivity index (χ0) is 12.6. The molecule has 0 aliphatic carbocycles. The minimum atomic E-state index is -0.846. The van der Waals surface area contributed by atoms with Gasteiger partial charge in [-0.15, -0.1) is 0 Å². The molecule has 1 aliphatic heterocycles. The van der Waals surface area contributed by atoms with E-state index in [2.05, 4.69) is 21.2 Å². The van der Waals surface area contributed by atoms with E-state index >= 15 is 0 Å². The quantitative estimate of drug-likeness (QED) is 0.673. The Morgan fingerprint density at radius 2 is 2.24 bits per heavy atom. The van der Waals surface area contributed by atoms with E-state index in [1.807, 2.05) is 13.0 Å². The number of fused-ring (bicyclic) bond motifs is 1. The maximum absolute atomic E-state index is 11.8. The first kappa shape index (κ1) is 12.1. The maximum Gasteiger partial charge on any atom is 0.323 e. The molecule has 0 fully saturated rings. The molecule has 5 heteroatoms. The fourth-order valence-corrected chi connectivity index (χ4v) is 2.55. The molecule has 0 saturated carbocycles. The van der Waals surface area contributed by atoms with Crippen LogP contribution in [0, 0.1) is 6.92 Å². The molecule has 1 unspecified atom stereocenters. The van der Waals surface area contributed by atoms with Gasteiger partial charge in [-0.3, -0.25) is 9.59 Å². The van der Waals surface area contributed by atoms with Crippen molar-refractivity contribution in [2.24, 2.45) is 0 Å². The number of carbonyl (C=O) groups is 2. The molecule has 1 amide bonds. The topological polar surface area (TPSA) is 55.4 Å². The summed E-state index contributed by atoms with van der Waals surface area (Å²) in [5, 5.41) is 2.72. The maximum atomic E-state index is 11.8. The number of hydrogen-bond acceptors (Lipinski definition) is 3. The molecule has 1 aliphatic rings. The molecule has 0 spiro atoms. The molecule has 90 valence electrons. The Kier molecular flexibility index (Phi) is 3.19. The molecular weight excluding hydrogens is 286 g/mol. The molecule has 2 rings (SSSR count). The Hall–Kier alpha value is -1.36. The first-order valence-electron chi connectivity index (χ1n) is 5.32. The lowest BCUT2D eigenvalue weighted by atomic mass is 9.99. The van der Waals surface area contributed by atoms with Crippen LogP contribution in [0.2, 0.25) is 0 Å². The highest BCUT2D eigenvalue weighted by Gasteiger charge is 2.38. The van der Waals surface area contributed by atoms with E-state index in [0.29, 0.717) is 5.56 Å². The molecule has 1 N–H and O–H groups in total. The lowest BCUT2D eigenvalue weighted by Gasteiger charge is -2.08. The van der Waals surface area contributed by atoms with Crippen LogP contribution in [-0.2, 0) is 14.3 Å². The van der Waals surface area contributed by atoms with Gasteiger partial charge in [0.2, 0.25) is 5.91 Å². The number of anilines is 1. The van der Waals surface area contributed by atoms with E-state index in [4.69, 9.17) is 4.74 Å². The second-order valence-electron chi connectivity index (χ2n) is 3.86. The third-order valence-corrected chi connectivity index (χ3v) is 3.13. The number of nitrogens with one attached hydrogen (secondary N) is 1. The van der Waals surface area contributed by atoms with Gasteiger partial charge in [0.05, 0.1) is 6.61 Å². The van der Waals surface area contributed by atoms with Crippen LogP contribution in [0.5, 0.6) is 0 Å². The molecule has 0 bridgehead atoms. The molecule has 1 atom stereocenters. The molecule has 0 saturated heterocycles. The minimum absolute atomic E-state index is 0.269. The van der Waals surface area contributed by atoms with Crippen molar-refractivity contribution in [3.05, 3.63) is 27.7 Å². The normalized spacial score (nSPS) is 17.6. The van der Waals surface area contributed by atoms with Crippen molar-refractivity contribution in [2.45, 2.75) is 19.8 Å². The summed E-state index contributed by atoms with van der Waals surface area (Å²) in [6.07, 6.45) is 0. The van der Waals surface area contributed by atoms with Crippen LogP contribution in [-0.4, -0.2) is 18.5 Å². The van der Waals surface area contributed by atoms with Gasteiger partial charge < -0.3 is 10.1 Å². The zero-order valence-electron chi connectivity index (χ0n) is 9.54. The van der Waals surface area contributed by atoms with E-state index in [1.54, 1.807) is 13.0 Å². The third kappa shape index (κ3) is 2.07. The SMILES string of the molecule is CCOC(=O)C1C(=O)Nc2c(C)cc(Br)cc21. The summed E-state index contributed by atoms with van der Waals surface area (Å²) in [5.41, 5.74) is 2.33. The van der Waals surface area contributed by atoms with Crippen molar-refractivity contribution in [2.75, 3.05) is 11.9 Å². The molecule has 1 aromatic rings. The van der Waals surface area contributed by atoms with Crippen molar-refractivity contribution in [3.63, 3.8) is 0 Å². The van der Waals surface area contributed by atoms with Crippen LogP contribution >= 0.6 is 15.9 Å². The average molecular weight is 298 g/mol. The molecule has 1 heterocycles. The van der Waals surface area contributed by atoms with E-state index in [-0.39, 0.29) is 12.5 Å². The second kappa shape index (κ2) is 4.49. The van der Waals surface area contributed by atoms with Gasteiger partial charge in [0.25, 0.3) is 0 Å². The number of halogens is 1. The van der Waals surface area contributed by atoms with E-state index in [9.17, 15) is 9.59 Å². The highest BCUT2D eigenvalue weighted by Crippen LogP contribution is 2.37. The van der Waals surface area contributed by atoms with Crippen molar-refractivity contribution in [1.82, 2.24) is 0 Å². The predicted molar refractivity (Wildman–Crippen MR) is 66.9 cm³/mol. The monoisotopic (exact) mass is 297 g/mol. The lowest BCUT2D eigenvalue weighted by molar-refractivity contribution is -0.147. The van der Waals surface area contributed by atoms with Crippen molar-refractivity contribution in [1.29, 1.82) is 0 Å². The minimum Gasteiger partial charge on any atom is -0.465 e. The molecule has 0 radical (unpaired) electrons. The Bertz CT molecular complexity index is 499. The summed E-state index contributed by atoms with van der Waals surface area (Å²) >= 11 is 3.36. The van der Waals surface area contributed by atoms with Gasteiger partial charge in [-0.1, -0.05) is 15.9 Å². The van der Waals surface area contributed by atoms with Crippen LogP contribution < -0.4 is 5.32 Å². The van der Waals surface area contributed by atoms with Gasteiger partial charge >= 0.3 is 5.97 Å². The van der Waals surface area contributed by atoms with Gasteiger partial charge in [-0.05, 0) is 31.5 Å². The molecule has 1 aromatic carbocycles. The fraction of sp³-hybridized carbons (Fsp3) is 0.333. The van der Waals surface area contributed by atoms with E-state index < -0.39 is 11.9 Å². The molecule has 4 nitrogen and oxygen atoms in total. The van der Waals surface area contributed by atoms with E-state index in [1.165, 1.54) is 0 Å². The number of aryl methyl sites for hydroxylation is 1. The first-order valence-corrected chi connectivity index (χ1v) is 6.11. The van der Waals surface area contributed by atoms with Gasteiger partial charge in [0.1, 0.15) is 0 Å². The Morgan fingerprint density at radius 1 is 1.53 bits per heavy atom. The summed E-state index contributed by atoms with van der Waals surface area (Å²) < 4.78 is 5.76. The van der Waals surface area contributed by atoms with Crippen LogP contribution in [0.15, 0.2) is 16.6 Å². The smallest absolute Gasteiger partial charge is 0.323 e. The van der Waals surface area contributed by atoms with Gasteiger partial charge in [-0.2, -0.15) is 0 Å². The van der Waals surface area contributed by atoms with Crippen molar-refractivity contribution in [3.8, 4) is 0 Å². The standard InChI is InChI=1S/C12H12BrNO3/c1-3-17-12(16)9-8-5-7(13)4-6(2)10(8)14-11(9)15/h4-5,9H,3H2,1-2H3,(H,14,15). The highest BCUT2D eigenvalue weighted by atomic mass is 79.9. The van der Waals surface area contributed by atoms with Gasteiger partial charge in [0, 0.05) is 15.7 Å². The number of hydrogen-bond donors (Lipinski definition) is 1. The number of carbonyl (C=O) groups excluding carboxylic acids is 2. The van der Waals surface area contributed by atoms with Crippen LogP contribution in [0.4, 0.5) is 5.69 Å². The number of amides is 1. The second-order valence-corrected chi connectivity index (χ2v) is 4.78. The summed E-state index contributed by atoms with van der Waals surface area (Å²) in [6.45, 7) is 3.88. The lowest BCUT2D eigenvalue weighted by Crippen LogP contribution is -2.22. The predicted octanol–water partition coefficient (Wildman–Crippen LogP) is 2.36. The summed E-state index contributed by atoms with van der Waals surface area (Å²) in [7, 11) is 0. The molecular formula is C12H12BrNO3. The highest BCUT2D eigenvalue weighted by molar-refractivity contribution is 9.10. The summed E-state index contributed by atoms with van der Waals surface area (Å²) in [6, 6.07) is 3.68. The largest absolute Gasteiger partial charge is 0.465 e. The Balaban J connectivity index is 2.46.